The molecule has 0 saturated carbocycles. The van der Waals surface area contributed by atoms with Gasteiger partial charge in [0.25, 0.3) is 30.4 Å². The van der Waals surface area contributed by atoms with E-state index >= 15 is 0 Å². The first kappa shape index (κ1) is 53.6. The molecule has 0 unspecified atom stereocenters. The van der Waals surface area contributed by atoms with Crippen LogP contribution < -0.4 is 9.80 Å². The molecule has 6 aromatic rings. The van der Waals surface area contributed by atoms with Crippen molar-refractivity contribution in [1.29, 1.82) is 0 Å². The summed E-state index contributed by atoms with van der Waals surface area (Å²) < 4.78 is 90.3. The number of anilines is 2. The second kappa shape index (κ2) is 20.3. The molecule has 0 saturated heterocycles. The Morgan fingerprint density at radius 3 is 0.952 bits per heavy atom. The Morgan fingerprint density at radius 2 is 0.613 bits per heavy atom. The highest BCUT2D eigenvalue weighted by atomic mass is 32.2. The first-order valence-corrected chi connectivity index (χ1v) is 23.5. The van der Waals surface area contributed by atoms with Crippen LogP contribution in [0.1, 0.15) is 77.2 Å². The maximum atomic E-state index is 12.5. The van der Waals surface area contributed by atoms with E-state index in [1.807, 2.05) is 98.7 Å². The molecule has 0 aliphatic carbocycles. The largest absolute Gasteiger partial charge is 0.377 e. The van der Waals surface area contributed by atoms with Gasteiger partial charge in [-0.05, 0) is 98.0 Å². The molecule has 340 valence electrons. The van der Waals surface area contributed by atoms with Gasteiger partial charge in [0, 0.05) is 66.5 Å². The molecule has 6 aromatic carbocycles. The van der Waals surface area contributed by atoms with Crippen molar-refractivity contribution in [3.63, 3.8) is 0 Å². The highest BCUT2D eigenvalue weighted by Crippen LogP contribution is 2.34. The summed E-state index contributed by atoms with van der Waals surface area (Å²) in [5.41, 5.74) is -0.323. The standard InChI is InChI=1S/2C16H21NO3S.C14H16O3S.2CH4/c2*1-16(2,3)20-21(18,19)15-11-7-8-12-13(15)9-6-10-14(12)17(4)5;1-14(2,3)17-18(15,16)13-10-6-8-11-7-4-5-9-12(11)13;;/h2*6-11H,1-5H3;4-10H,1-3H3;2*1H4. The minimum absolute atomic E-state index is 0. The monoisotopic (exact) mass is 910 g/mol. The first-order chi connectivity index (χ1) is 27.5. The Bertz CT molecular complexity index is 2660. The maximum absolute atomic E-state index is 12.5. The van der Waals surface area contributed by atoms with Gasteiger partial charge in [-0.15, -0.1) is 0 Å². The predicted octanol–water partition coefficient (Wildman–Crippen LogP) is 11.4. The van der Waals surface area contributed by atoms with Crippen LogP contribution >= 0.6 is 0 Å². The second-order valence-corrected chi connectivity index (χ2v) is 22.0. The zero-order chi connectivity index (χ0) is 45.1. The van der Waals surface area contributed by atoms with E-state index in [0.29, 0.717) is 16.2 Å². The Hall–Kier alpha value is -4.57. The van der Waals surface area contributed by atoms with Crippen molar-refractivity contribution in [3.8, 4) is 0 Å². The van der Waals surface area contributed by atoms with Crippen LogP contribution in [0.3, 0.4) is 0 Å². The Balaban J connectivity index is 0.000000316. The van der Waals surface area contributed by atoms with Gasteiger partial charge in [0.15, 0.2) is 0 Å². The fourth-order valence-corrected chi connectivity index (χ4v) is 10.6. The van der Waals surface area contributed by atoms with Crippen molar-refractivity contribution in [2.24, 2.45) is 0 Å². The molecule has 0 aliphatic heterocycles. The van der Waals surface area contributed by atoms with Crippen LogP contribution in [0.4, 0.5) is 11.4 Å². The third-order valence-corrected chi connectivity index (χ3v) is 13.2. The quantitative estimate of drug-likeness (QED) is 0.135. The molecule has 14 heteroatoms. The molecule has 0 N–H and O–H groups in total. The lowest BCUT2D eigenvalue weighted by Gasteiger charge is -2.21. The Morgan fingerprint density at radius 1 is 0.355 bits per heavy atom. The van der Waals surface area contributed by atoms with E-state index in [0.717, 1.165) is 27.5 Å². The zero-order valence-electron chi connectivity index (χ0n) is 36.8. The Labute approximate surface area is 372 Å². The van der Waals surface area contributed by atoms with E-state index in [-0.39, 0.29) is 29.5 Å². The molecule has 11 nitrogen and oxygen atoms in total. The van der Waals surface area contributed by atoms with Gasteiger partial charge >= 0.3 is 0 Å². The summed E-state index contributed by atoms with van der Waals surface area (Å²) in [6, 6.07) is 34.3. The summed E-state index contributed by atoms with van der Waals surface area (Å²) in [5, 5.41) is 4.70. The number of hydrogen-bond donors (Lipinski definition) is 0. The van der Waals surface area contributed by atoms with Gasteiger partial charge in [-0.1, -0.05) is 99.8 Å². The number of rotatable bonds is 8. The molecule has 0 amide bonds. The van der Waals surface area contributed by atoms with Crippen LogP contribution in [0.2, 0.25) is 0 Å². The van der Waals surface area contributed by atoms with Crippen LogP contribution in [-0.4, -0.2) is 70.2 Å². The summed E-state index contributed by atoms with van der Waals surface area (Å²) in [7, 11) is -3.63. The van der Waals surface area contributed by atoms with Crippen LogP contribution in [-0.2, 0) is 42.9 Å². The summed E-state index contributed by atoms with van der Waals surface area (Å²) in [6.45, 7) is 15.5. The minimum atomic E-state index is -3.81. The molecule has 6 rings (SSSR count). The van der Waals surface area contributed by atoms with Crippen molar-refractivity contribution >= 4 is 74.0 Å². The topological polar surface area (TPSA) is 137 Å². The average molecular weight is 911 g/mol. The van der Waals surface area contributed by atoms with Crippen molar-refractivity contribution in [1.82, 2.24) is 0 Å². The molecular weight excluding hydrogens is 845 g/mol. The summed E-state index contributed by atoms with van der Waals surface area (Å²) in [4.78, 5) is 4.56. The number of benzene rings is 6. The van der Waals surface area contributed by atoms with Gasteiger partial charge in [0.2, 0.25) is 0 Å². The molecule has 0 aromatic heterocycles. The third-order valence-electron chi connectivity index (χ3n) is 8.32. The van der Waals surface area contributed by atoms with E-state index in [1.54, 1.807) is 117 Å². The summed E-state index contributed by atoms with van der Waals surface area (Å²) in [5.74, 6) is 0. The zero-order valence-corrected chi connectivity index (χ0v) is 39.2. The maximum Gasteiger partial charge on any atom is 0.298 e. The number of nitrogens with zero attached hydrogens (tertiary/aromatic N) is 2. The van der Waals surface area contributed by atoms with Crippen molar-refractivity contribution in [2.75, 3.05) is 38.0 Å². The van der Waals surface area contributed by atoms with Crippen LogP contribution in [0.5, 0.6) is 0 Å². The molecule has 0 aliphatic rings. The van der Waals surface area contributed by atoms with E-state index in [9.17, 15) is 25.3 Å². The highest BCUT2D eigenvalue weighted by molar-refractivity contribution is 7.87. The van der Waals surface area contributed by atoms with E-state index in [2.05, 4.69) is 0 Å². The fraction of sp³-hybridized carbons (Fsp3) is 0.375. The van der Waals surface area contributed by atoms with Crippen molar-refractivity contribution in [3.05, 3.63) is 115 Å². The summed E-state index contributed by atoms with van der Waals surface area (Å²) >= 11 is 0. The molecule has 0 fully saturated rings. The van der Waals surface area contributed by atoms with E-state index in [1.165, 1.54) is 0 Å². The molecule has 0 atom stereocenters. The van der Waals surface area contributed by atoms with Crippen LogP contribution in [0.15, 0.2) is 130 Å². The van der Waals surface area contributed by atoms with Crippen LogP contribution in [0, 0.1) is 0 Å². The van der Waals surface area contributed by atoms with Crippen molar-refractivity contribution < 1.29 is 37.8 Å². The molecular formula is C48H66N2O9S3. The number of fused-ring (bicyclic) bond motifs is 3. The predicted molar refractivity (Wildman–Crippen MR) is 258 cm³/mol. The lowest BCUT2D eigenvalue weighted by Crippen LogP contribution is -2.24. The molecule has 0 radical (unpaired) electrons. The van der Waals surface area contributed by atoms with E-state index < -0.39 is 47.2 Å². The normalized spacial score (nSPS) is 12.3. The SMILES string of the molecule is C.C.CC(C)(C)OS(=O)(=O)c1cccc2ccccc12.CN(C)c1cccc2c(S(=O)(=O)OC(C)(C)C)cccc12.CN(C)c1cccc2c(S(=O)(=O)OC(C)(C)C)cccc12. The highest BCUT2D eigenvalue weighted by Gasteiger charge is 2.28. The third kappa shape index (κ3) is 14.0. The molecule has 62 heavy (non-hydrogen) atoms. The fourth-order valence-electron chi connectivity index (χ4n) is 6.28. The minimum Gasteiger partial charge on any atom is -0.377 e. The lowest BCUT2D eigenvalue weighted by atomic mass is 10.1. The second-order valence-electron chi connectivity index (χ2n) is 17.5. The average Bonchev–Trinajstić information content (AvgIpc) is 3.11. The number of hydrogen-bond acceptors (Lipinski definition) is 11. The van der Waals surface area contributed by atoms with E-state index in [4.69, 9.17) is 12.5 Å². The van der Waals surface area contributed by atoms with Crippen LogP contribution in [0.25, 0.3) is 32.3 Å². The molecule has 0 bridgehead atoms. The van der Waals surface area contributed by atoms with Gasteiger partial charge in [-0.3, -0.25) is 12.5 Å². The van der Waals surface area contributed by atoms with Gasteiger partial charge < -0.3 is 9.80 Å². The lowest BCUT2D eigenvalue weighted by molar-refractivity contribution is 0.139. The first-order valence-electron chi connectivity index (χ1n) is 19.3. The van der Waals surface area contributed by atoms with Gasteiger partial charge in [0.1, 0.15) is 14.7 Å². The van der Waals surface area contributed by atoms with Gasteiger partial charge in [-0.2, -0.15) is 25.3 Å². The van der Waals surface area contributed by atoms with Gasteiger partial charge in [0.05, 0.1) is 16.8 Å². The molecule has 0 heterocycles. The smallest absolute Gasteiger partial charge is 0.298 e. The van der Waals surface area contributed by atoms with Crippen molar-refractivity contribution in [2.45, 2.75) is 109 Å². The molecule has 0 spiro atoms. The summed E-state index contributed by atoms with van der Waals surface area (Å²) in [6.07, 6.45) is 0. The van der Waals surface area contributed by atoms with Gasteiger partial charge in [-0.25, -0.2) is 0 Å². The Kier molecular flexibility index (Phi) is 17.5.